The van der Waals surface area contributed by atoms with Gasteiger partial charge in [-0.25, -0.2) is 0 Å². The molecule has 1 saturated heterocycles. The third-order valence-electron chi connectivity index (χ3n) is 2.68. The molecule has 1 aliphatic rings. The molecule has 1 aliphatic heterocycles. The predicted molar refractivity (Wildman–Crippen MR) is 64.6 cm³/mol. The molecule has 0 saturated carbocycles. The van der Waals surface area contributed by atoms with E-state index in [1.807, 2.05) is 13.8 Å². The molecule has 1 fully saturated rings. The molecule has 1 atom stereocenters. The minimum Gasteiger partial charge on any atom is -0.389 e. The zero-order valence-electron chi connectivity index (χ0n) is 9.73. The first-order chi connectivity index (χ1) is 7.59. The number of anilines is 1. The number of β-amino-alcohol motifs (C(OH)–C–C–N with tert-alkyl or cyclic N) is 1. The van der Waals surface area contributed by atoms with Gasteiger partial charge >= 0.3 is 0 Å². The molecule has 2 N–H and O–H groups in total. The van der Waals surface area contributed by atoms with Crippen molar-refractivity contribution in [2.75, 3.05) is 25.0 Å². The predicted octanol–water partition coefficient (Wildman–Crippen LogP) is 0.927. The Hall–Kier alpha value is -0.720. The maximum atomic E-state index is 9.85. The van der Waals surface area contributed by atoms with Gasteiger partial charge in [0.15, 0.2) is 0 Å². The number of hydrogen-bond acceptors (Lipinski definition) is 6. The van der Waals surface area contributed by atoms with Crippen molar-refractivity contribution < 1.29 is 5.11 Å². The van der Waals surface area contributed by atoms with E-state index < -0.39 is 5.60 Å². The van der Waals surface area contributed by atoms with Crippen molar-refractivity contribution in [3.05, 3.63) is 5.01 Å². The van der Waals surface area contributed by atoms with Crippen molar-refractivity contribution in [3.8, 4) is 0 Å². The van der Waals surface area contributed by atoms with Crippen LogP contribution in [-0.4, -0.2) is 45.4 Å². The Bertz CT molecular complexity index is 352. The quantitative estimate of drug-likeness (QED) is 0.822. The molecule has 1 aromatic heterocycles. The van der Waals surface area contributed by atoms with Gasteiger partial charge in [-0.1, -0.05) is 11.3 Å². The van der Waals surface area contributed by atoms with Gasteiger partial charge in [0.25, 0.3) is 0 Å². The maximum Gasteiger partial charge on any atom is 0.205 e. The van der Waals surface area contributed by atoms with Gasteiger partial charge in [0.05, 0.1) is 12.1 Å². The third kappa shape index (κ3) is 2.90. The van der Waals surface area contributed by atoms with Crippen LogP contribution in [0.4, 0.5) is 5.13 Å². The summed E-state index contributed by atoms with van der Waals surface area (Å²) in [5.74, 6) is 0. The lowest BCUT2D eigenvalue weighted by Crippen LogP contribution is -2.29. The monoisotopic (exact) mass is 242 g/mol. The standard InChI is InChI=1S/C10H18N4OS/c1-3-11-9-13-12-8(16-9)6-14-5-4-10(2,15)7-14/h15H,3-7H2,1-2H3,(H,11,13). The van der Waals surface area contributed by atoms with Crippen LogP contribution in [0.1, 0.15) is 25.3 Å². The highest BCUT2D eigenvalue weighted by Crippen LogP contribution is 2.23. The summed E-state index contributed by atoms with van der Waals surface area (Å²) in [6.45, 7) is 7.24. The summed E-state index contributed by atoms with van der Waals surface area (Å²) in [7, 11) is 0. The first-order valence-corrected chi connectivity index (χ1v) is 6.42. The van der Waals surface area contributed by atoms with E-state index >= 15 is 0 Å². The summed E-state index contributed by atoms with van der Waals surface area (Å²) >= 11 is 1.59. The Kier molecular flexibility index (Phi) is 3.41. The Morgan fingerprint density at radius 2 is 2.38 bits per heavy atom. The van der Waals surface area contributed by atoms with Crippen LogP contribution in [0.25, 0.3) is 0 Å². The van der Waals surface area contributed by atoms with E-state index in [4.69, 9.17) is 0 Å². The van der Waals surface area contributed by atoms with Gasteiger partial charge in [0.2, 0.25) is 5.13 Å². The molecule has 0 aliphatic carbocycles. The van der Waals surface area contributed by atoms with Crippen molar-refractivity contribution in [1.82, 2.24) is 15.1 Å². The first-order valence-electron chi connectivity index (χ1n) is 5.60. The average Bonchev–Trinajstić information content (AvgIpc) is 2.75. The van der Waals surface area contributed by atoms with E-state index in [1.165, 1.54) is 0 Å². The van der Waals surface area contributed by atoms with Crippen molar-refractivity contribution in [1.29, 1.82) is 0 Å². The molecule has 1 aromatic rings. The van der Waals surface area contributed by atoms with Crippen molar-refractivity contribution in [2.24, 2.45) is 0 Å². The molecule has 0 bridgehead atoms. The number of rotatable bonds is 4. The van der Waals surface area contributed by atoms with Crippen LogP contribution in [-0.2, 0) is 6.54 Å². The Labute approximate surface area is 99.5 Å². The normalized spacial score (nSPS) is 26.2. The second kappa shape index (κ2) is 4.65. The van der Waals surface area contributed by atoms with Crippen molar-refractivity contribution in [3.63, 3.8) is 0 Å². The van der Waals surface area contributed by atoms with Crippen LogP contribution >= 0.6 is 11.3 Å². The Morgan fingerprint density at radius 3 is 3.00 bits per heavy atom. The minimum absolute atomic E-state index is 0.533. The molecule has 1 unspecified atom stereocenters. The highest BCUT2D eigenvalue weighted by Gasteiger charge is 2.31. The Morgan fingerprint density at radius 1 is 1.56 bits per heavy atom. The molecule has 90 valence electrons. The number of nitrogens with zero attached hydrogens (tertiary/aromatic N) is 3. The molecule has 2 rings (SSSR count). The first kappa shape index (κ1) is 11.8. The SMILES string of the molecule is CCNc1nnc(CN2CCC(C)(O)C2)s1. The van der Waals surface area contributed by atoms with Crippen molar-refractivity contribution in [2.45, 2.75) is 32.4 Å². The highest BCUT2D eigenvalue weighted by atomic mass is 32.1. The van der Waals surface area contributed by atoms with Gasteiger partial charge in [-0.3, -0.25) is 4.90 Å². The molecule has 2 heterocycles. The van der Waals surface area contributed by atoms with Crippen LogP contribution in [0.5, 0.6) is 0 Å². The van der Waals surface area contributed by atoms with Gasteiger partial charge in [-0.05, 0) is 20.3 Å². The molecule has 5 nitrogen and oxygen atoms in total. The fourth-order valence-electron chi connectivity index (χ4n) is 1.91. The molecule has 0 amide bonds. The number of nitrogens with one attached hydrogen (secondary N) is 1. The molecule has 0 radical (unpaired) electrons. The topological polar surface area (TPSA) is 61.3 Å². The molecule has 16 heavy (non-hydrogen) atoms. The summed E-state index contributed by atoms with van der Waals surface area (Å²) in [6.07, 6.45) is 0.839. The van der Waals surface area contributed by atoms with Crippen LogP contribution in [0.15, 0.2) is 0 Å². The van der Waals surface area contributed by atoms with Gasteiger partial charge in [-0.15, -0.1) is 10.2 Å². The highest BCUT2D eigenvalue weighted by molar-refractivity contribution is 7.15. The summed E-state index contributed by atoms with van der Waals surface area (Å²) in [6, 6.07) is 0. The zero-order valence-corrected chi connectivity index (χ0v) is 10.5. The zero-order chi connectivity index (χ0) is 11.6. The summed E-state index contributed by atoms with van der Waals surface area (Å²) in [4.78, 5) is 2.22. The van der Waals surface area contributed by atoms with Crippen LogP contribution < -0.4 is 5.32 Å². The smallest absolute Gasteiger partial charge is 0.205 e. The lowest BCUT2D eigenvalue weighted by Gasteiger charge is -2.17. The molecule has 0 spiro atoms. The molecule has 0 aromatic carbocycles. The van der Waals surface area contributed by atoms with E-state index in [1.54, 1.807) is 11.3 Å². The van der Waals surface area contributed by atoms with Gasteiger partial charge in [-0.2, -0.15) is 0 Å². The minimum atomic E-state index is -0.533. The number of likely N-dealkylation sites (tertiary alicyclic amines) is 1. The van der Waals surface area contributed by atoms with E-state index in [0.717, 1.165) is 42.7 Å². The fourth-order valence-corrected chi connectivity index (χ4v) is 2.76. The lowest BCUT2D eigenvalue weighted by molar-refractivity contribution is 0.0678. The fraction of sp³-hybridized carbons (Fsp3) is 0.800. The number of aromatic nitrogens is 2. The van der Waals surface area contributed by atoms with Gasteiger partial charge in [0, 0.05) is 19.6 Å². The lowest BCUT2D eigenvalue weighted by atomic mass is 10.1. The second-order valence-corrected chi connectivity index (χ2v) is 5.55. The summed E-state index contributed by atoms with van der Waals surface area (Å²) in [5.41, 5.74) is -0.533. The molecular formula is C10H18N4OS. The van der Waals surface area contributed by atoms with Crippen LogP contribution in [0.2, 0.25) is 0 Å². The third-order valence-corrected chi connectivity index (χ3v) is 3.55. The number of aliphatic hydroxyl groups is 1. The van der Waals surface area contributed by atoms with E-state index in [-0.39, 0.29) is 0 Å². The molecule has 6 heteroatoms. The van der Waals surface area contributed by atoms with Crippen molar-refractivity contribution >= 4 is 16.5 Å². The summed E-state index contributed by atoms with van der Waals surface area (Å²) in [5, 5.41) is 23.1. The average molecular weight is 242 g/mol. The van der Waals surface area contributed by atoms with Gasteiger partial charge in [0.1, 0.15) is 5.01 Å². The number of hydrogen-bond donors (Lipinski definition) is 2. The van der Waals surface area contributed by atoms with E-state index in [2.05, 4.69) is 20.4 Å². The van der Waals surface area contributed by atoms with E-state index in [9.17, 15) is 5.11 Å². The van der Waals surface area contributed by atoms with Crippen LogP contribution in [0.3, 0.4) is 0 Å². The second-order valence-electron chi connectivity index (χ2n) is 4.49. The van der Waals surface area contributed by atoms with Crippen LogP contribution in [0, 0.1) is 0 Å². The Balaban J connectivity index is 1.89. The molecular weight excluding hydrogens is 224 g/mol. The van der Waals surface area contributed by atoms with Gasteiger partial charge < -0.3 is 10.4 Å². The van der Waals surface area contributed by atoms with E-state index in [0.29, 0.717) is 0 Å². The largest absolute Gasteiger partial charge is 0.389 e. The summed E-state index contributed by atoms with van der Waals surface area (Å²) < 4.78 is 0. The maximum absolute atomic E-state index is 9.85.